The van der Waals surface area contributed by atoms with Gasteiger partial charge in [0, 0.05) is 16.7 Å². The molecule has 2 aromatic rings. The van der Waals surface area contributed by atoms with Crippen molar-refractivity contribution in [2.75, 3.05) is 11.9 Å². The minimum Gasteiger partial charge on any atom is -0.479 e. The van der Waals surface area contributed by atoms with Crippen molar-refractivity contribution < 1.29 is 4.74 Å². The Morgan fingerprint density at radius 3 is 2.90 bits per heavy atom. The monoisotopic (exact) mass is 330 g/mol. The van der Waals surface area contributed by atoms with Gasteiger partial charge in [-0.3, -0.25) is 0 Å². The number of hydrogen-bond donors (Lipinski definition) is 1. The molecule has 0 fully saturated rings. The maximum atomic E-state index is 8.51. The summed E-state index contributed by atoms with van der Waals surface area (Å²) in [6, 6.07) is 15.9. The lowest BCUT2D eigenvalue weighted by Gasteiger charge is -2.11. The molecule has 0 aromatic heterocycles. The molecule has 0 aliphatic rings. The predicted octanol–water partition coefficient (Wildman–Crippen LogP) is 4.27. The van der Waals surface area contributed by atoms with Crippen LogP contribution in [0.3, 0.4) is 0 Å². The Morgan fingerprint density at radius 1 is 1.25 bits per heavy atom. The molecule has 102 valence electrons. The molecule has 1 N–H and O–H groups in total. The van der Waals surface area contributed by atoms with Crippen LogP contribution in [0, 0.1) is 18.3 Å². The molecule has 0 heterocycles. The van der Waals surface area contributed by atoms with Gasteiger partial charge in [0.2, 0.25) is 0 Å². The Hall–Kier alpha value is -1.99. The molecular formula is C16H15BrN2O. The van der Waals surface area contributed by atoms with E-state index in [0.29, 0.717) is 6.54 Å². The molecule has 20 heavy (non-hydrogen) atoms. The van der Waals surface area contributed by atoms with Gasteiger partial charge in [-0.2, -0.15) is 5.26 Å². The number of benzene rings is 2. The van der Waals surface area contributed by atoms with Gasteiger partial charge in [-0.25, -0.2) is 0 Å². The van der Waals surface area contributed by atoms with Crippen LogP contribution in [0.4, 0.5) is 5.69 Å². The van der Waals surface area contributed by atoms with Crippen molar-refractivity contribution in [3.05, 3.63) is 58.1 Å². The molecule has 2 aromatic carbocycles. The first-order valence-electron chi connectivity index (χ1n) is 6.28. The first kappa shape index (κ1) is 14.4. The highest BCUT2D eigenvalue weighted by atomic mass is 79.9. The van der Waals surface area contributed by atoms with E-state index in [1.165, 1.54) is 5.56 Å². The third-order valence-corrected chi connectivity index (χ3v) is 3.38. The molecule has 3 nitrogen and oxygen atoms in total. The number of hydrogen-bond acceptors (Lipinski definition) is 3. The van der Waals surface area contributed by atoms with E-state index in [4.69, 9.17) is 10.00 Å². The molecule has 4 heteroatoms. The minimum absolute atomic E-state index is 0.0711. The van der Waals surface area contributed by atoms with Crippen LogP contribution in [0.2, 0.25) is 0 Å². The fourth-order valence-electron chi connectivity index (χ4n) is 1.84. The fourth-order valence-corrected chi connectivity index (χ4v) is 2.20. The summed E-state index contributed by atoms with van der Waals surface area (Å²) in [5, 5.41) is 11.9. The van der Waals surface area contributed by atoms with Gasteiger partial charge in [0.25, 0.3) is 0 Å². The van der Waals surface area contributed by atoms with Crippen LogP contribution < -0.4 is 10.1 Å². The average Bonchev–Trinajstić information content (AvgIpc) is 2.46. The van der Waals surface area contributed by atoms with E-state index in [0.717, 1.165) is 21.5 Å². The van der Waals surface area contributed by atoms with Crippen molar-refractivity contribution in [3.8, 4) is 11.8 Å². The van der Waals surface area contributed by atoms with E-state index >= 15 is 0 Å². The van der Waals surface area contributed by atoms with Crippen molar-refractivity contribution in [1.82, 2.24) is 0 Å². The summed E-state index contributed by atoms with van der Waals surface area (Å²) >= 11 is 3.47. The first-order valence-corrected chi connectivity index (χ1v) is 7.07. The van der Waals surface area contributed by atoms with Crippen molar-refractivity contribution in [1.29, 1.82) is 5.26 Å². The van der Waals surface area contributed by atoms with Crippen LogP contribution in [0.15, 0.2) is 46.9 Å². The second kappa shape index (κ2) is 6.97. The third kappa shape index (κ3) is 4.01. The van der Waals surface area contributed by atoms with Crippen molar-refractivity contribution in [2.24, 2.45) is 0 Å². The maximum absolute atomic E-state index is 8.51. The molecular weight excluding hydrogens is 316 g/mol. The Balaban J connectivity index is 2.03. The summed E-state index contributed by atoms with van der Waals surface area (Å²) in [7, 11) is 0. The van der Waals surface area contributed by atoms with Gasteiger partial charge in [-0.15, -0.1) is 0 Å². The van der Waals surface area contributed by atoms with Crippen LogP contribution in [-0.2, 0) is 6.54 Å². The molecule has 0 aliphatic carbocycles. The Morgan fingerprint density at radius 2 is 2.10 bits per heavy atom. The van der Waals surface area contributed by atoms with Gasteiger partial charge in [0.05, 0.1) is 0 Å². The molecule has 0 radical (unpaired) electrons. The minimum atomic E-state index is 0.0711. The van der Waals surface area contributed by atoms with Gasteiger partial charge >= 0.3 is 0 Å². The summed E-state index contributed by atoms with van der Waals surface area (Å²) in [5.41, 5.74) is 3.41. The van der Waals surface area contributed by atoms with Crippen molar-refractivity contribution >= 4 is 21.6 Å². The number of anilines is 1. The van der Waals surface area contributed by atoms with Gasteiger partial charge in [-0.1, -0.05) is 34.1 Å². The Bertz CT molecular complexity index is 635. The predicted molar refractivity (Wildman–Crippen MR) is 83.8 cm³/mol. The summed E-state index contributed by atoms with van der Waals surface area (Å²) in [5.74, 6) is 0.719. The van der Waals surface area contributed by atoms with Crippen LogP contribution in [0.25, 0.3) is 0 Å². The topological polar surface area (TPSA) is 45.0 Å². The van der Waals surface area contributed by atoms with Gasteiger partial charge in [-0.05, 0) is 42.3 Å². The van der Waals surface area contributed by atoms with E-state index in [1.54, 1.807) is 0 Å². The molecule has 2 rings (SSSR count). The number of halogens is 1. The van der Waals surface area contributed by atoms with Crippen molar-refractivity contribution in [3.63, 3.8) is 0 Å². The molecule has 0 saturated heterocycles. The molecule has 0 amide bonds. The van der Waals surface area contributed by atoms with E-state index < -0.39 is 0 Å². The molecule has 0 saturated carbocycles. The fraction of sp³-hybridized carbons (Fsp3) is 0.188. The van der Waals surface area contributed by atoms with E-state index in [9.17, 15) is 0 Å². The lowest BCUT2D eigenvalue weighted by atomic mass is 10.1. The van der Waals surface area contributed by atoms with Crippen LogP contribution in [0.5, 0.6) is 5.75 Å². The number of aryl methyl sites for hydroxylation is 1. The SMILES string of the molecule is Cc1ccc(Br)cc1NCc1cccc(OCC#N)c1. The highest BCUT2D eigenvalue weighted by molar-refractivity contribution is 9.10. The third-order valence-electron chi connectivity index (χ3n) is 2.88. The summed E-state index contributed by atoms with van der Waals surface area (Å²) < 4.78 is 6.35. The highest BCUT2D eigenvalue weighted by Crippen LogP contribution is 2.22. The Kier molecular flexibility index (Phi) is 5.03. The number of nitrogens with one attached hydrogen (secondary N) is 1. The molecule has 0 spiro atoms. The van der Waals surface area contributed by atoms with Gasteiger partial charge < -0.3 is 10.1 Å². The molecule has 0 atom stereocenters. The molecule has 0 aliphatic heterocycles. The summed E-state index contributed by atoms with van der Waals surface area (Å²) in [4.78, 5) is 0. The largest absolute Gasteiger partial charge is 0.479 e. The first-order chi connectivity index (χ1) is 9.69. The second-order valence-electron chi connectivity index (χ2n) is 4.41. The van der Waals surface area contributed by atoms with Gasteiger partial charge in [0.15, 0.2) is 6.61 Å². The average molecular weight is 331 g/mol. The van der Waals surface area contributed by atoms with Crippen LogP contribution in [-0.4, -0.2) is 6.61 Å². The number of nitriles is 1. The van der Waals surface area contributed by atoms with Gasteiger partial charge in [0.1, 0.15) is 11.8 Å². The maximum Gasteiger partial charge on any atom is 0.174 e. The quantitative estimate of drug-likeness (QED) is 0.890. The zero-order valence-electron chi connectivity index (χ0n) is 11.2. The summed E-state index contributed by atoms with van der Waals surface area (Å²) in [6.45, 7) is 2.85. The van der Waals surface area contributed by atoms with E-state index in [-0.39, 0.29) is 6.61 Å². The summed E-state index contributed by atoms with van der Waals surface area (Å²) in [6.07, 6.45) is 0. The zero-order valence-corrected chi connectivity index (χ0v) is 12.8. The number of ether oxygens (including phenoxy) is 1. The smallest absolute Gasteiger partial charge is 0.174 e. The lowest BCUT2D eigenvalue weighted by Crippen LogP contribution is -2.02. The van der Waals surface area contributed by atoms with Crippen LogP contribution >= 0.6 is 15.9 Å². The number of rotatable bonds is 5. The van der Waals surface area contributed by atoms with E-state index in [2.05, 4.69) is 40.3 Å². The van der Waals surface area contributed by atoms with E-state index in [1.807, 2.05) is 36.4 Å². The van der Waals surface area contributed by atoms with Crippen LogP contribution in [0.1, 0.15) is 11.1 Å². The van der Waals surface area contributed by atoms with Crippen molar-refractivity contribution in [2.45, 2.75) is 13.5 Å². The molecule has 0 bridgehead atoms. The highest BCUT2D eigenvalue weighted by Gasteiger charge is 2.01. The number of nitrogens with zero attached hydrogens (tertiary/aromatic N) is 1. The zero-order chi connectivity index (χ0) is 14.4. The standard InChI is InChI=1S/C16H15BrN2O/c1-12-5-6-14(17)10-16(12)19-11-13-3-2-4-15(9-13)20-8-7-18/h2-6,9-10,19H,8,11H2,1H3. The normalized spacial score (nSPS) is 9.85. The second-order valence-corrected chi connectivity index (χ2v) is 5.32. The Labute approximate surface area is 127 Å². The lowest BCUT2D eigenvalue weighted by molar-refractivity contribution is 0.368. The molecule has 0 unspecified atom stereocenters.